The first-order chi connectivity index (χ1) is 9.27. The van der Waals surface area contributed by atoms with Gasteiger partial charge in [0, 0.05) is 19.2 Å². The standard InChI is InChI=1S/C14H30N4O.HI/c1-3-5-10-19-11-8-16-14(15)17-12-13-7-6-9-18(13)4-2;/h13H,3-12H2,1-2H3,(H3,15,16,17);1H. The van der Waals surface area contributed by atoms with Crippen molar-refractivity contribution in [2.24, 2.45) is 10.7 Å². The minimum atomic E-state index is 0. The minimum Gasteiger partial charge on any atom is -0.380 e. The van der Waals surface area contributed by atoms with Gasteiger partial charge in [-0.2, -0.15) is 0 Å². The second-order valence-electron chi connectivity index (χ2n) is 5.04. The van der Waals surface area contributed by atoms with Crippen molar-refractivity contribution in [3.05, 3.63) is 0 Å². The lowest BCUT2D eigenvalue weighted by Crippen LogP contribution is -2.37. The Morgan fingerprint density at radius 1 is 1.40 bits per heavy atom. The number of halogens is 1. The van der Waals surface area contributed by atoms with Gasteiger partial charge in [-0.15, -0.1) is 24.0 Å². The lowest BCUT2D eigenvalue weighted by Gasteiger charge is -2.20. The first-order valence-corrected chi connectivity index (χ1v) is 7.63. The van der Waals surface area contributed by atoms with E-state index in [1.807, 2.05) is 0 Å². The SMILES string of the molecule is CCCCOCCNC(N)=NCC1CCCN1CC.I. The lowest BCUT2D eigenvalue weighted by atomic mass is 10.2. The molecular weight excluding hydrogens is 367 g/mol. The van der Waals surface area contributed by atoms with Gasteiger partial charge in [-0.05, 0) is 32.4 Å². The number of hydrogen-bond acceptors (Lipinski definition) is 3. The molecule has 0 aromatic rings. The van der Waals surface area contributed by atoms with Crippen LogP contribution < -0.4 is 11.1 Å². The molecule has 0 saturated carbocycles. The zero-order chi connectivity index (χ0) is 13.9. The van der Waals surface area contributed by atoms with Crippen molar-refractivity contribution in [2.45, 2.75) is 45.6 Å². The van der Waals surface area contributed by atoms with Crippen molar-refractivity contribution in [3.63, 3.8) is 0 Å². The Hall–Kier alpha value is -0.0800. The number of guanidine groups is 1. The van der Waals surface area contributed by atoms with E-state index in [2.05, 4.69) is 29.1 Å². The molecule has 0 bridgehead atoms. The number of ether oxygens (including phenoxy) is 1. The molecule has 1 fully saturated rings. The van der Waals surface area contributed by atoms with Gasteiger partial charge in [0.05, 0.1) is 13.2 Å². The smallest absolute Gasteiger partial charge is 0.188 e. The van der Waals surface area contributed by atoms with Gasteiger partial charge in [-0.1, -0.05) is 20.3 Å². The molecule has 1 atom stereocenters. The molecule has 0 aliphatic carbocycles. The van der Waals surface area contributed by atoms with Crippen LogP contribution in [0.5, 0.6) is 0 Å². The van der Waals surface area contributed by atoms with E-state index in [0.717, 1.165) is 32.7 Å². The fourth-order valence-electron chi connectivity index (χ4n) is 2.38. The van der Waals surface area contributed by atoms with Crippen LogP contribution in [0.3, 0.4) is 0 Å². The lowest BCUT2D eigenvalue weighted by molar-refractivity contribution is 0.136. The summed E-state index contributed by atoms with van der Waals surface area (Å²) in [6, 6.07) is 0.575. The van der Waals surface area contributed by atoms with Gasteiger partial charge in [-0.3, -0.25) is 9.89 Å². The number of unbranched alkanes of at least 4 members (excludes halogenated alkanes) is 1. The number of nitrogens with two attached hydrogens (primary N) is 1. The summed E-state index contributed by atoms with van der Waals surface area (Å²) in [5, 5.41) is 3.10. The second kappa shape index (κ2) is 12.6. The summed E-state index contributed by atoms with van der Waals surface area (Å²) in [7, 11) is 0. The highest BCUT2D eigenvalue weighted by molar-refractivity contribution is 14.0. The van der Waals surface area contributed by atoms with Crippen LogP contribution in [0.25, 0.3) is 0 Å². The predicted octanol–water partition coefficient (Wildman–Crippen LogP) is 1.81. The summed E-state index contributed by atoms with van der Waals surface area (Å²) < 4.78 is 5.46. The molecule has 0 amide bonds. The van der Waals surface area contributed by atoms with Crippen LogP contribution >= 0.6 is 24.0 Å². The Morgan fingerprint density at radius 2 is 2.20 bits per heavy atom. The second-order valence-corrected chi connectivity index (χ2v) is 5.04. The van der Waals surface area contributed by atoms with E-state index in [1.54, 1.807) is 0 Å². The third-order valence-corrected chi connectivity index (χ3v) is 3.57. The van der Waals surface area contributed by atoms with Gasteiger partial charge in [0.25, 0.3) is 0 Å². The molecule has 6 heteroatoms. The van der Waals surface area contributed by atoms with E-state index < -0.39 is 0 Å². The number of likely N-dealkylation sites (N-methyl/N-ethyl adjacent to an activating group) is 1. The zero-order valence-electron chi connectivity index (χ0n) is 12.9. The zero-order valence-corrected chi connectivity index (χ0v) is 15.3. The molecule has 1 rings (SSSR count). The summed E-state index contributed by atoms with van der Waals surface area (Å²) in [4.78, 5) is 6.90. The highest BCUT2D eigenvalue weighted by atomic mass is 127. The molecule has 0 aromatic carbocycles. The molecule has 1 saturated heterocycles. The summed E-state index contributed by atoms with van der Waals surface area (Å²) in [6.45, 7) is 9.76. The number of rotatable bonds is 9. The van der Waals surface area contributed by atoms with Crippen LogP contribution in [0.2, 0.25) is 0 Å². The first kappa shape index (κ1) is 19.9. The Kier molecular flexibility index (Phi) is 12.6. The molecule has 1 heterocycles. The Bertz CT molecular complexity index is 264. The van der Waals surface area contributed by atoms with Crippen LogP contribution in [-0.2, 0) is 4.74 Å². The van der Waals surface area contributed by atoms with Gasteiger partial charge in [0.15, 0.2) is 5.96 Å². The maximum Gasteiger partial charge on any atom is 0.188 e. The van der Waals surface area contributed by atoms with E-state index in [-0.39, 0.29) is 24.0 Å². The maximum absolute atomic E-state index is 5.84. The van der Waals surface area contributed by atoms with Crippen molar-refractivity contribution in [2.75, 3.05) is 39.4 Å². The Labute approximate surface area is 140 Å². The van der Waals surface area contributed by atoms with E-state index in [4.69, 9.17) is 10.5 Å². The number of likely N-dealkylation sites (tertiary alicyclic amines) is 1. The molecule has 120 valence electrons. The van der Waals surface area contributed by atoms with Gasteiger partial charge in [-0.25, -0.2) is 0 Å². The molecule has 1 aliphatic rings. The van der Waals surface area contributed by atoms with Crippen molar-refractivity contribution in [1.29, 1.82) is 0 Å². The highest BCUT2D eigenvalue weighted by Gasteiger charge is 2.22. The van der Waals surface area contributed by atoms with Crippen LogP contribution in [0.4, 0.5) is 0 Å². The average molecular weight is 398 g/mol. The fraction of sp³-hybridized carbons (Fsp3) is 0.929. The normalized spacial score (nSPS) is 19.9. The van der Waals surface area contributed by atoms with E-state index in [9.17, 15) is 0 Å². The third kappa shape index (κ3) is 8.26. The highest BCUT2D eigenvalue weighted by Crippen LogP contribution is 2.16. The van der Waals surface area contributed by atoms with Gasteiger partial charge < -0.3 is 15.8 Å². The largest absolute Gasteiger partial charge is 0.380 e. The number of aliphatic imine (C=N–C) groups is 1. The number of nitrogens with zero attached hydrogens (tertiary/aromatic N) is 2. The molecule has 0 aromatic heterocycles. The fourth-order valence-corrected chi connectivity index (χ4v) is 2.38. The number of nitrogens with one attached hydrogen (secondary N) is 1. The van der Waals surface area contributed by atoms with Gasteiger partial charge in [0.1, 0.15) is 0 Å². The molecule has 0 spiro atoms. The summed E-state index contributed by atoms with van der Waals surface area (Å²) in [5.74, 6) is 0.544. The predicted molar refractivity (Wildman–Crippen MR) is 95.9 cm³/mol. The van der Waals surface area contributed by atoms with Crippen LogP contribution in [0.15, 0.2) is 4.99 Å². The van der Waals surface area contributed by atoms with E-state index in [1.165, 1.54) is 25.8 Å². The quantitative estimate of drug-likeness (QED) is 0.269. The monoisotopic (exact) mass is 398 g/mol. The summed E-state index contributed by atoms with van der Waals surface area (Å²) in [6.07, 6.45) is 4.82. The van der Waals surface area contributed by atoms with Gasteiger partial charge in [0.2, 0.25) is 0 Å². The van der Waals surface area contributed by atoms with Crippen molar-refractivity contribution < 1.29 is 4.74 Å². The van der Waals surface area contributed by atoms with E-state index >= 15 is 0 Å². The first-order valence-electron chi connectivity index (χ1n) is 7.63. The van der Waals surface area contributed by atoms with Crippen LogP contribution in [0.1, 0.15) is 39.5 Å². The topological polar surface area (TPSA) is 62.9 Å². The summed E-state index contributed by atoms with van der Waals surface area (Å²) in [5.41, 5.74) is 5.84. The van der Waals surface area contributed by atoms with Crippen LogP contribution in [0, 0.1) is 0 Å². The van der Waals surface area contributed by atoms with Crippen molar-refractivity contribution in [3.8, 4) is 0 Å². The van der Waals surface area contributed by atoms with Crippen molar-refractivity contribution in [1.82, 2.24) is 10.2 Å². The van der Waals surface area contributed by atoms with Crippen molar-refractivity contribution >= 4 is 29.9 Å². The Balaban J connectivity index is 0.00000361. The maximum atomic E-state index is 5.84. The molecule has 3 N–H and O–H groups in total. The minimum absolute atomic E-state index is 0. The summed E-state index contributed by atoms with van der Waals surface area (Å²) >= 11 is 0. The molecule has 5 nitrogen and oxygen atoms in total. The Morgan fingerprint density at radius 3 is 2.90 bits per heavy atom. The molecule has 1 aliphatic heterocycles. The number of hydrogen-bond donors (Lipinski definition) is 2. The van der Waals surface area contributed by atoms with E-state index in [0.29, 0.717) is 18.6 Å². The third-order valence-electron chi connectivity index (χ3n) is 3.57. The van der Waals surface area contributed by atoms with Crippen LogP contribution in [-0.4, -0.2) is 56.3 Å². The average Bonchev–Trinajstić information content (AvgIpc) is 2.88. The molecule has 0 radical (unpaired) electrons. The molecular formula is C14H31IN4O. The molecule has 1 unspecified atom stereocenters. The van der Waals surface area contributed by atoms with Gasteiger partial charge >= 0.3 is 0 Å². The molecule has 20 heavy (non-hydrogen) atoms.